The second-order valence-corrected chi connectivity index (χ2v) is 13.0. The van der Waals surface area contributed by atoms with Crippen molar-refractivity contribution in [3.8, 4) is 0 Å². The molecule has 5 atom stereocenters. The molecule has 40 heavy (non-hydrogen) atoms. The van der Waals surface area contributed by atoms with E-state index in [0.29, 0.717) is 48.0 Å². The molecule has 4 fully saturated rings. The van der Waals surface area contributed by atoms with Crippen molar-refractivity contribution in [1.29, 1.82) is 0 Å². The molecule has 1 aromatic carbocycles. The van der Waals surface area contributed by atoms with E-state index in [4.69, 9.17) is 11.6 Å². The fourth-order valence-electron chi connectivity index (χ4n) is 5.82. The van der Waals surface area contributed by atoms with Gasteiger partial charge in [-0.05, 0) is 56.4 Å². The number of fused-ring (bicyclic) bond motifs is 3. The zero-order valence-corrected chi connectivity index (χ0v) is 23.6. The molecule has 9 nitrogen and oxygen atoms in total. The number of amides is 3. The summed E-state index contributed by atoms with van der Waals surface area (Å²) in [6.07, 6.45) is 1.27. The highest BCUT2D eigenvalue weighted by molar-refractivity contribution is 7.94. The lowest BCUT2D eigenvalue weighted by atomic mass is 9.71. The van der Waals surface area contributed by atoms with Crippen LogP contribution in [-0.4, -0.2) is 74.4 Å². The van der Waals surface area contributed by atoms with Gasteiger partial charge in [-0.15, -0.1) is 0 Å². The maximum Gasteiger partial charge on any atom is 0.255 e. The molecule has 3 amide bonds. The number of alkyl halides is 2. The zero-order chi connectivity index (χ0) is 29.4. The average molecular weight is 605 g/mol. The number of nitrogens with one attached hydrogen (secondary N) is 3. The van der Waals surface area contributed by atoms with Crippen molar-refractivity contribution in [2.75, 3.05) is 24.7 Å². The van der Waals surface area contributed by atoms with E-state index in [1.165, 1.54) is 4.90 Å². The van der Waals surface area contributed by atoms with Crippen LogP contribution in [0.1, 0.15) is 37.7 Å². The van der Waals surface area contributed by atoms with E-state index >= 15 is 8.78 Å². The third kappa shape index (κ3) is 6.40. The number of carbonyl (C=O) groups is 3. The van der Waals surface area contributed by atoms with Crippen molar-refractivity contribution < 1.29 is 36.0 Å². The predicted octanol–water partition coefficient (Wildman–Crippen LogP) is 2.94. The number of hydrogen-bond donors (Lipinski definition) is 3. The molecule has 4 aliphatic rings. The minimum atomic E-state index is -4.26. The Bertz CT molecular complexity index is 1330. The van der Waals surface area contributed by atoms with E-state index in [9.17, 15) is 27.2 Å². The third-order valence-corrected chi connectivity index (χ3v) is 9.16. The van der Waals surface area contributed by atoms with Crippen LogP contribution in [0.3, 0.4) is 0 Å². The largest absolute Gasteiger partial charge is 0.376 e. The first kappa shape index (κ1) is 30.2. The van der Waals surface area contributed by atoms with E-state index in [-0.39, 0.29) is 25.3 Å². The van der Waals surface area contributed by atoms with Gasteiger partial charge in [0, 0.05) is 41.9 Å². The third-order valence-electron chi connectivity index (χ3n) is 7.91. The van der Waals surface area contributed by atoms with Gasteiger partial charge in [-0.3, -0.25) is 14.4 Å². The Morgan fingerprint density at radius 3 is 2.62 bits per heavy atom. The van der Waals surface area contributed by atoms with Crippen LogP contribution in [0.4, 0.5) is 18.9 Å². The van der Waals surface area contributed by atoms with Crippen molar-refractivity contribution in [3.63, 3.8) is 0 Å². The van der Waals surface area contributed by atoms with E-state index < -0.39 is 69.1 Å². The lowest BCUT2D eigenvalue weighted by molar-refractivity contribution is -0.193. The minimum absolute atomic E-state index is 0.00357. The number of sulfone groups is 1. The lowest BCUT2D eigenvalue weighted by Gasteiger charge is -2.53. The highest BCUT2D eigenvalue weighted by atomic mass is 35.5. The average Bonchev–Trinajstić information content (AvgIpc) is 3.27. The van der Waals surface area contributed by atoms with Crippen molar-refractivity contribution in [2.24, 2.45) is 11.8 Å². The predicted molar refractivity (Wildman–Crippen MR) is 143 cm³/mol. The second-order valence-electron chi connectivity index (χ2n) is 10.7. The van der Waals surface area contributed by atoms with E-state index in [0.717, 1.165) is 0 Å². The van der Waals surface area contributed by atoms with Gasteiger partial charge in [-0.2, -0.15) is 4.39 Å². The zero-order valence-electron chi connectivity index (χ0n) is 22.1. The molecule has 3 heterocycles. The van der Waals surface area contributed by atoms with E-state index in [1.807, 2.05) is 0 Å². The molecule has 0 spiro atoms. The van der Waals surface area contributed by atoms with Crippen LogP contribution < -0.4 is 16.0 Å². The number of nitrogens with zero attached hydrogens (tertiary/aromatic N) is 1. The minimum Gasteiger partial charge on any atom is -0.376 e. The molecular weight excluding hydrogens is 573 g/mol. The molecule has 0 aromatic heterocycles. The molecule has 3 saturated heterocycles. The van der Waals surface area contributed by atoms with Crippen molar-refractivity contribution in [2.45, 2.75) is 63.1 Å². The number of benzene rings is 1. The highest BCUT2D eigenvalue weighted by Gasteiger charge is 2.60. The summed E-state index contributed by atoms with van der Waals surface area (Å²) in [5.41, 5.74) is 1.27. The molecule has 3 N–H and O–H groups in total. The smallest absolute Gasteiger partial charge is 0.255 e. The molecule has 3 aliphatic heterocycles. The SMILES string of the molecule is Cc1c(Cl)cccc1NCC(=O)N1[C@H]2CC[C@@H]([C@H]1C(=O)N[C@H](/C=C(\F)S(C)(=O)=O)C[C@H]1CCNC1=O)C(F)(F)C2. The van der Waals surface area contributed by atoms with Crippen molar-refractivity contribution >= 4 is 44.8 Å². The number of hydrogen-bond acceptors (Lipinski definition) is 6. The molecule has 220 valence electrons. The van der Waals surface area contributed by atoms with Gasteiger partial charge >= 0.3 is 0 Å². The molecule has 0 unspecified atom stereocenters. The molecular formula is C26H32ClF3N4O5S. The molecule has 1 aromatic rings. The Hall–Kier alpha value is -2.80. The van der Waals surface area contributed by atoms with Gasteiger partial charge in [-0.1, -0.05) is 17.7 Å². The first-order chi connectivity index (χ1) is 18.7. The molecule has 1 aliphatic carbocycles. The van der Waals surface area contributed by atoms with E-state index in [1.54, 1.807) is 25.1 Å². The first-order valence-corrected chi connectivity index (χ1v) is 15.3. The van der Waals surface area contributed by atoms with Crippen LogP contribution in [0.25, 0.3) is 0 Å². The number of anilines is 1. The van der Waals surface area contributed by atoms with Crippen LogP contribution in [0, 0.1) is 18.8 Å². The molecule has 5 rings (SSSR count). The normalized spacial score (nSPS) is 26.8. The summed E-state index contributed by atoms with van der Waals surface area (Å²) in [7, 11) is -4.26. The molecule has 2 bridgehead atoms. The number of rotatable bonds is 9. The van der Waals surface area contributed by atoms with Crippen molar-refractivity contribution in [3.05, 3.63) is 40.0 Å². The molecule has 0 radical (unpaired) electrons. The maximum absolute atomic E-state index is 15.0. The van der Waals surface area contributed by atoms with Gasteiger partial charge in [0.05, 0.1) is 18.5 Å². The summed E-state index contributed by atoms with van der Waals surface area (Å²) in [6.45, 7) is 1.83. The van der Waals surface area contributed by atoms with Crippen LogP contribution in [0.5, 0.6) is 0 Å². The Morgan fingerprint density at radius 2 is 2.00 bits per heavy atom. The topological polar surface area (TPSA) is 125 Å². The fourth-order valence-corrected chi connectivity index (χ4v) is 6.41. The number of halogens is 4. The lowest BCUT2D eigenvalue weighted by Crippen LogP contribution is -2.69. The van der Waals surface area contributed by atoms with Crippen molar-refractivity contribution in [1.82, 2.24) is 15.5 Å². The Morgan fingerprint density at radius 1 is 1.27 bits per heavy atom. The van der Waals surface area contributed by atoms with Gasteiger partial charge in [0.25, 0.3) is 5.92 Å². The molecule has 1 saturated carbocycles. The summed E-state index contributed by atoms with van der Waals surface area (Å²) in [6, 6.07) is 1.34. The second kappa shape index (κ2) is 11.6. The van der Waals surface area contributed by atoms with Crippen LogP contribution >= 0.6 is 11.6 Å². The Labute approximate surface area is 235 Å². The number of carbonyl (C=O) groups excluding carboxylic acids is 3. The monoisotopic (exact) mass is 604 g/mol. The van der Waals surface area contributed by atoms with E-state index in [2.05, 4.69) is 16.0 Å². The highest BCUT2D eigenvalue weighted by Crippen LogP contribution is 2.49. The van der Waals surface area contributed by atoms with Crippen LogP contribution in [0.2, 0.25) is 5.02 Å². The fraction of sp³-hybridized carbons (Fsp3) is 0.577. The summed E-state index contributed by atoms with van der Waals surface area (Å²) < 4.78 is 67.9. The van der Waals surface area contributed by atoms with Crippen LogP contribution in [0.15, 0.2) is 29.4 Å². The summed E-state index contributed by atoms with van der Waals surface area (Å²) in [4.78, 5) is 40.3. The van der Waals surface area contributed by atoms with Gasteiger partial charge in [0.15, 0.2) is 0 Å². The summed E-state index contributed by atoms with van der Waals surface area (Å²) in [5.74, 6) is -7.20. The van der Waals surface area contributed by atoms with Gasteiger partial charge in [0.1, 0.15) is 6.04 Å². The Balaban J connectivity index is 1.59. The maximum atomic E-state index is 15.0. The van der Waals surface area contributed by atoms with Gasteiger partial charge in [-0.25, -0.2) is 17.2 Å². The standard InChI is InChI=1S/C26H32ClF3N4O5S/c1-14-19(27)4-3-5-20(14)32-13-22(35)34-17-6-7-18(26(29,30)12-17)23(34)25(37)33-16(11-21(28)40(2,38)39)10-15-8-9-31-24(15)36/h3-5,11,15-18,23,32H,6-10,12-13H2,1-2H3,(H,31,36)(H,33,37)/b21-11+/t15-,16+,17+,18+,23+/m1/s1. The summed E-state index contributed by atoms with van der Waals surface area (Å²) in [5, 5.41) is 7.01. The van der Waals surface area contributed by atoms with Gasteiger partial charge in [0.2, 0.25) is 32.7 Å². The first-order valence-electron chi connectivity index (χ1n) is 13.0. The number of piperidine rings is 2. The Kier molecular flexibility index (Phi) is 8.74. The van der Waals surface area contributed by atoms with Crippen LogP contribution in [-0.2, 0) is 24.2 Å². The van der Waals surface area contributed by atoms with Gasteiger partial charge < -0.3 is 20.9 Å². The quantitative estimate of drug-likeness (QED) is 0.398. The summed E-state index contributed by atoms with van der Waals surface area (Å²) >= 11 is 6.14. The molecule has 14 heteroatoms.